The van der Waals surface area contributed by atoms with Gasteiger partial charge in [-0.3, -0.25) is 14.7 Å². The molecule has 150 valence electrons. The molecule has 0 spiro atoms. The van der Waals surface area contributed by atoms with Gasteiger partial charge in [0.2, 0.25) is 5.91 Å². The Morgan fingerprint density at radius 3 is 2.62 bits per heavy atom. The number of pyridine rings is 1. The number of aromatic amines is 1. The van der Waals surface area contributed by atoms with Crippen molar-refractivity contribution in [3.8, 4) is 0 Å². The Balaban J connectivity index is 1.68. The van der Waals surface area contributed by atoms with E-state index in [0.717, 1.165) is 22.2 Å². The average Bonchev–Trinajstić information content (AvgIpc) is 3.04. The van der Waals surface area contributed by atoms with Crippen molar-refractivity contribution in [2.24, 2.45) is 0 Å². The van der Waals surface area contributed by atoms with E-state index in [9.17, 15) is 9.59 Å². The van der Waals surface area contributed by atoms with Crippen LogP contribution in [0.4, 0.5) is 10.5 Å². The predicted molar refractivity (Wildman–Crippen MR) is 110 cm³/mol. The van der Waals surface area contributed by atoms with Crippen LogP contribution in [0.15, 0.2) is 48.8 Å². The van der Waals surface area contributed by atoms with Gasteiger partial charge in [-0.1, -0.05) is 18.2 Å². The Morgan fingerprint density at radius 2 is 1.90 bits per heavy atom. The molecule has 2 N–H and O–H groups in total. The molecule has 0 saturated heterocycles. The molecule has 4 rings (SSSR count). The van der Waals surface area contributed by atoms with Gasteiger partial charge in [-0.2, -0.15) is 0 Å². The first-order valence-electron chi connectivity index (χ1n) is 9.61. The van der Waals surface area contributed by atoms with Crippen LogP contribution in [0.5, 0.6) is 0 Å². The lowest BCUT2D eigenvalue weighted by atomic mass is 9.96. The van der Waals surface area contributed by atoms with Crippen LogP contribution in [0.25, 0.3) is 10.9 Å². The summed E-state index contributed by atoms with van der Waals surface area (Å²) >= 11 is 0. The van der Waals surface area contributed by atoms with Crippen molar-refractivity contribution in [3.05, 3.63) is 60.0 Å². The predicted octanol–water partition coefficient (Wildman–Crippen LogP) is 3.86. The molecule has 29 heavy (non-hydrogen) atoms. The van der Waals surface area contributed by atoms with Gasteiger partial charge < -0.3 is 15.0 Å². The molecule has 0 aliphatic carbocycles. The highest BCUT2D eigenvalue weighted by Gasteiger charge is 2.38. The molecule has 1 aromatic carbocycles. The molecule has 7 nitrogen and oxygen atoms in total. The number of nitrogens with zero attached hydrogens (tertiary/aromatic N) is 2. The summed E-state index contributed by atoms with van der Waals surface area (Å²) in [6.07, 6.45) is 3.13. The number of para-hydroxylation sites is 1. The van der Waals surface area contributed by atoms with E-state index in [0.29, 0.717) is 12.1 Å². The molecule has 1 unspecified atom stereocenters. The fourth-order valence-corrected chi connectivity index (χ4v) is 3.62. The molecule has 3 heterocycles. The molecule has 1 aliphatic rings. The van der Waals surface area contributed by atoms with Gasteiger partial charge in [0.15, 0.2) is 0 Å². The van der Waals surface area contributed by atoms with Gasteiger partial charge in [-0.05, 0) is 44.5 Å². The third-order valence-electron chi connectivity index (χ3n) is 4.88. The van der Waals surface area contributed by atoms with Crippen LogP contribution in [-0.2, 0) is 22.5 Å². The third kappa shape index (κ3) is 3.94. The van der Waals surface area contributed by atoms with Crippen molar-refractivity contribution in [3.63, 3.8) is 0 Å². The van der Waals surface area contributed by atoms with Gasteiger partial charge >= 0.3 is 6.09 Å². The molecule has 7 heteroatoms. The Labute approximate surface area is 169 Å². The van der Waals surface area contributed by atoms with Crippen LogP contribution in [0.3, 0.4) is 0 Å². The number of hydrogen-bond acceptors (Lipinski definition) is 4. The average molecular weight is 392 g/mol. The summed E-state index contributed by atoms with van der Waals surface area (Å²) in [5.41, 5.74) is 2.99. The van der Waals surface area contributed by atoms with Crippen LogP contribution in [-0.4, -0.2) is 38.5 Å². The van der Waals surface area contributed by atoms with Gasteiger partial charge in [-0.25, -0.2) is 4.79 Å². The number of aromatic nitrogens is 2. The fraction of sp³-hybridized carbons (Fsp3) is 0.318. The first-order valence-corrected chi connectivity index (χ1v) is 9.61. The zero-order valence-corrected chi connectivity index (χ0v) is 16.7. The van der Waals surface area contributed by atoms with Crippen molar-refractivity contribution >= 4 is 28.6 Å². The smallest absolute Gasteiger partial charge is 0.411 e. The van der Waals surface area contributed by atoms with Crippen molar-refractivity contribution < 1.29 is 14.3 Å². The summed E-state index contributed by atoms with van der Waals surface area (Å²) in [6, 6.07) is 10.7. The molecule has 1 aliphatic heterocycles. The number of anilines is 1. The van der Waals surface area contributed by atoms with Crippen LogP contribution in [0.2, 0.25) is 0 Å². The van der Waals surface area contributed by atoms with Crippen LogP contribution in [0, 0.1) is 0 Å². The topological polar surface area (TPSA) is 87.3 Å². The lowest BCUT2D eigenvalue weighted by Gasteiger charge is -2.35. The first-order chi connectivity index (χ1) is 13.8. The van der Waals surface area contributed by atoms with Crippen LogP contribution in [0.1, 0.15) is 32.0 Å². The summed E-state index contributed by atoms with van der Waals surface area (Å²) < 4.78 is 5.58. The van der Waals surface area contributed by atoms with E-state index in [1.165, 1.54) is 4.90 Å². The fourth-order valence-electron chi connectivity index (χ4n) is 3.62. The number of carbonyl (C=O) groups excluding carboxylic acids is 2. The molecule has 0 radical (unpaired) electrons. The highest BCUT2D eigenvalue weighted by atomic mass is 16.6. The summed E-state index contributed by atoms with van der Waals surface area (Å²) in [6.45, 7) is 5.73. The monoisotopic (exact) mass is 392 g/mol. The standard InChI is InChI=1S/C22H24N4O3/c1-22(2,3)29-21(28)26-13-18-16(15-6-4-5-7-17(15)25-18)12-19(26)20(27)24-14-8-10-23-11-9-14/h4-11,19,25H,12-13H2,1-3H3,(H,23,24,27). The Bertz CT molecular complexity index is 1050. The van der Waals surface area contributed by atoms with E-state index in [1.54, 1.807) is 24.5 Å². The van der Waals surface area contributed by atoms with Gasteiger partial charge in [0.1, 0.15) is 11.6 Å². The number of fused-ring (bicyclic) bond motifs is 3. The Hall–Kier alpha value is -3.35. The minimum absolute atomic E-state index is 0.252. The summed E-state index contributed by atoms with van der Waals surface area (Å²) in [4.78, 5) is 34.9. The maximum Gasteiger partial charge on any atom is 0.411 e. The zero-order valence-electron chi connectivity index (χ0n) is 16.7. The minimum atomic E-state index is -0.676. The molecule has 0 fully saturated rings. The summed E-state index contributed by atoms with van der Waals surface area (Å²) in [5.74, 6) is -0.252. The summed E-state index contributed by atoms with van der Waals surface area (Å²) in [5, 5.41) is 3.97. The molecule has 2 amide bonds. The minimum Gasteiger partial charge on any atom is -0.444 e. The summed E-state index contributed by atoms with van der Waals surface area (Å²) in [7, 11) is 0. The van der Waals surface area contributed by atoms with Crippen molar-refractivity contribution in [2.45, 2.75) is 45.4 Å². The molecular weight excluding hydrogens is 368 g/mol. The van der Waals surface area contributed by atoms with Crippen LogP contribution >= 0.6 is 0 Å². The lowest BCUT2D eigenvalue weighted by Crippen LogP contribution is -2.51. The van der Waals surface area contributed by atoms with E-state index in [2.05, 4.69) is 15.3 Å². The Kier molecular flexibility index (Phi) is 4.74. The van der Waals surface area contributed by atoms with Gasteiger partial charge in [0.05, 0.1) is 6.54 Å². The number of H-pyrrole nitrogens is 1. The second-order valence-electron chi connectivity index (χ2n) is 8.18. The van der Waals surface area contributed by atoms with Crippen molar-refractivity contribution in [1.82, 2.24) is 14.9 Å². The number of rotatable bonds is 2. The third-order valence-corrected chi connectivity index (χ3v) is 4.88. The molecule has 0 bridgehead atoms. The molecular formula is C22H24N4O3. The van der Waals surface area contributed by atoms with Crippen molar-refractivity contribution in [2.75, 3.05) is 5.32 Å². The highest BCUT2D eigenvalue weighted by Crippen LogP contribution is 2.31. The SMILES string of the molecule is CC(C)(C)OC(=O)N1Cc2[nH]c3ccccc3c2CC1C(=O)Nc1ccncc1. The van der Waals surface area contributed by atoms with Gasteiger partial charge in [0, 0.05) is 41.1 Å². The quantitative estimate of drug-likeness (QED) is 0.693. The Morgan fingerprint density at radius 1 is 1.17 bits per heavy atom. The lowest BCUT2D eigenvalue weighted by molar-refractivity contribution is -0.121. The zero-order chi connectivity index (χ0) is 20.6. The van der Waals surface area contributed by atoms with E-state index < -0.39 is 17.7 Å². The van der Waals surface area contributed by atoms with Gasteiger partial charge in [0.25, 0.3) is 0 Å². The highest BCUT2D eigenvalue weighted by molar-refractivity contribution is 5.98. The number of amides is 2. The van der Waals surface area contributed by atoms with E-state index in [-0.39, 0.29) is 12.5 Å². The van der Waals surface area contributed by atoms with E-state index >= 15 is 0 Å². The normalized spacial score (nSPS) is 16.4. The maximum absolute atomic E-state index is 13.1. The van der Waals surface area contributed by atoms with E-state index in [1.807, 2.05) is 45.0 Å². The van der Waals surface area contributed by atoms with Crippen LogP contribution < -0.4 is 5.32 Å². The number of ether oxygens (including phenoxy) is 1. The number of hydrogen-bond donors (Lipinski definition) is 2. The van der Waals surface area contributed by atoms with Gasteiger partial charge in [-0.15, -0.1) is 0 Å². The molecule has 2 aromatic heterocycles. The first kappa shape index (κ1) is 19.0. The number of benzene rings is 1. The largest absolute Gasteiger partial charge is 0.444 e. The molecule has 3 aromatic rings. The molecule has 0 saturated carbocycles. The number of nitrogens with one attached hydrogen (secondary N) is 2. The maximum atomic E-state index is 13.1. The molecule has 1 atom stereocenters. The second kappa shape index (κ2) is 7.24. The van der Waals surface area contributed by atoms with Crippen molar-refractivity contribution in [1.29, 1.82) is 0 Å². The number of carbonyl (C=O) groups is 2. The second-order valence-corrected chi connectivity index (χ2v) is 8.18. The van der Waals surface area contributed by atoms with E-state index in [4.69, 9.17) is 4.74 Å².